The number of nitrogens with one attached hydrogen (secondary N) is 1. The van der Waals surface area contributed by atoms with Crippen LogP contribution in [0.4, 0.5) is 5.69 Å². The highest BCUT2D eigenvalue weighted by Crippen LogP contribution is 2.32. The lowest BCUT2D eigenvalue weighted by molar-refractivity contribution is 0.171. The third-order valence-electron chi connectivity index (χ3n) is 5.03. The largest absolute Gasteiger partial charge is 0.486 e. The second-order valence-electron chi connectivity index (χ2n) is 6.79. The summed E-state index contributed by atoms with van der Waals surface area (Å²) in [5, 5.41) is 0. The van der Waals surface area contributed by atoms with Gasteiger partial charge in [-0.25, -0.2) is 13.1 Å². The number of hydrogen-bond donors (Lipinski definition) is 1. The number of aromatic nitrogens is 1. The van der Waals surface area contributed by atoms with Crippen molar-refractivity contribution in [2.45, 2.75) is 17.7 Å². The van der Waals surface area contributed by atoms with E-state index in [0.29, 0.717) is 37.2 Å². The van der Waals surface area contributed by atoms with Crippen LogP contribution >= 0.6 is 0 Å². The second kappa shape index (κ2) is 7.74. The zero-order valence-corrected chi connectivity index (χ0v) is 15.8. The highest BCUT2D eigenvalue weighted by Gasteiger charge is 2.23. The molecule has 2 aromatic rings. The molecular weight excluding hydrogens is 366 g/mol. The lowest BCUT2D eigenvalue weighted by Crippen LogP contribution is -2.38. The van der Waals surface area contributed by atoms with Gasteiger partial charge in [0.25, 0.3) is 0 Å². The van der Waals surface area contributed by atoms with Crippen molar-refractivity contribution in [3.8, 4) is 11.5 Å². The van der Waals surface area contributed by atoms with Crippen molar-refractivity contribution in [3.05, 3.63) is 42.7 Å². The van der Waals surface area contributed by atoms with E-state index in [-0.39, 0.29) is 4.90 Å². The third-order valence-corrected chi connectivity index (χ3v) is 6.45. The van der Waals surface area contributed by atoms with E-state index in [1.165, 1.54) is 11.8 Å². The second-order valence-corrected chi connectivity index (χ2v) is 8.56. The van der Waals surface area contributed by atoms with Crippen molar-refractivity contribution in [3.63, 3.8) is 0 Å². The molecule has 1 fully saturated rings. The summed E-state index contributed by atoms with van der Waals surface area (Å²) in [6.07, 6.45) is 5.49. The smallest absolute Gasteiger partial charge is 0.240 e. The first-order chi connectivity index (χ1) is 13.1. The maximum absolute atomic E-state index is 12.6. The van der Waals surface area contributed by atoms with Crippen molar-refractivity contribution >= 4 is 15.7 Å². The third kappa shape index (κ3) is 4.17. The van der Waals surface area contributed by atoms with E-state index in [1.54, 1.807) is 24.5 Å². The van der Waals surface area contributed by atoms with Crippen molar-refractivity contribution in [1.82, 2.24) is 9.71 Å². The van der Waals surface area contributed by atoms with Gasteiger partial charge in [0.1, 0.15) is 13.2 Å². The van der Waals surface area contributed by atoms with Crippen LogP contribution in [0.2, 0.25) is 0 Å². The fourth-order valence-electron chi connectivity index (χ4n) is 3.45. The Labute approximate surface area is 159 Å². The Hall–Kier alpha value is -2.32. The van der Waals surface area contributed by atoms with Crippen LogP contribution in [-0.4, -0.2) is 46.2 Å². The Bertz CT molecular complexity index is 881. The van der Waals surface area contributed by atoms with E-state index in [0.717, 1.165) is 25.9 Å². The molecule has 144 valence electrons. The molecule has 0 amide bonds. The average molecular weight is 389 g/mol. The number of sulfonamides is 1. The summed E-state index contributed by atoms with van der Waals surface area (Å²) in [6, 6.07) is 8.75. The molecule has 1 aromatic carbocycles. The van der Waals surface area contributed by atoms with Gasteiger partial charge in [-0.3, -0.25) is 4.98 Å². The highest BCUT2D eigenvalue weighted by molar-refractivity contribution is 7.89. The molecule has 0 unspecified atom stereocenters. The van der Waals surface area contributed by atoms with E-state index in [4.69, 9.17) is 9.47 Å². The van der Waals surface area contributed by atoms with Crippen molar-refractivity contribution < 1.29 is 17.9 Å². The van der Waals surface area contributed by atoms with Gasteiger partial charge in [-0.15, -0.1) is 0 Å². The van der Waals surface area contributed by atoms with E-state index in [1.807, 2.05) is 12.1 Å². The molecule has 0 spiro atoms. The number of benzene rings is 1. The molecule has 0 aliphatic carbocycles. The number of ether oxygens (including phenoxy) is 2. The maximum atomic E-state index is 12.6. The standard InChI is InChI=1S/C19H23N3O4S/c23-27(24,17-1-2-18-19(13-17)26-12-11-25-18)21-14-15-5-9-22(10-6-15)16-3-7-20-8-4-16/h1-4,7-8,13,15,21H,5-6,9-12,14H2. The number of fused-ring (bicyclic) bond motifs is 1. The molecule has 27 heavy (non-hydrogen) atoms. The van der Waals surface area contributed by atoms with Gasteiger partial charge in [0.15, 0.2) is 11.5 Å². The fourth-order valence-corrected chi connectivity index (χ4v) is 4.58. The zero-order chi connectivity index (χ0) is 18.7. The lowest BCUT2D eigenvalue weighted by atomic mass is 9.97. The molecule has 7 nitrogen and oxygen atoms in total. The van der Waals surface area contributed by atoms with E-state index >= 15 is 0 Å². The normalized spacial score (nSPS) is 17.7. The van der Waals surface area contributed by atoms with Crippen LogP contribution in [0.3, 0.4) is 0 Å². The molecule has 4 rings (SSSR count). The van der Waals surface area contributed by atoms with Gasteiger partial charge in [0.2, 0.25) is 10.0 Å². The van der Waals surface area contributed by atoms with Gasteiger partial charge in [0.05, 0.1) is 4.90 Å². The summed E-state index contributed by atoms with van der Waals surface area (Å²) in [5.41, 5.74) is 1.17. The Morgan fingerprint density at radius 3 is 2.48 bits per heavy atom. The number of nitrogens with zero attached hydrogens (tertiary/aromatic N) is 2. The fraction of sp³-hybridized carbons (Fsp3) is 0.421. The van der Waals surface area contributed by atoms with Crippen LogP contribution in [0.25, 0.3) is 0 Å². The molecule has 1 aromatic heterocycles. The molecule has 8 heteroatoms. The molecule has 0 radical (unpaired) electrons. The Balaban J connectivity index is 1.33. The molecular formula is C19H23N3O4S. The molecule has 2 aliphatic heterocycles. The summed E-state index contributed by atoms with van der Waals surface area (Å²) >= 11 is 0. The van der Waals surface area contributed by atoms with Crippen molar-refractivity contribution in [2.75, 3.05) is 37.7 Å². The van der Waals surface area contributed by atoms with Gasteiger partial charge in [-0.2, -0.15) is 0 Å². The highest BCUT2D eigenvalue weighted by atomic mass is 32.2. The summed E-state index contributed by atoms with van der Waals surface area (Å²) in [5.74, 6) is 1.40. The van der Waals surface area contributed by atoms with Crippen LogP contribution < -0.4 is 19.1 Å². The molecule has 0 saturated carbocycles. The average Bonchev–Trinajstić information content (AvgIpc) is 2.73. The summed E-state index contributed by atoms with van der Waals surface area (Å²) in [4.78, 5) is 6.57. The quantitative estimate of drug-likeness (QED) is 0.843. The number of hydrogen-bond acceptors (Lipinski definition) is 6. The van der Waals surface area contributed by atoms with Crippen LogP contribution in [-0.2, 0) is 10.0 Å². The van der Waals surface area contributed by atoms with Gasteiger partial charge in [0, 0.05) is 43.8 Å². The summed E-state index contributed by atoms with van der Waals surface area (Å²) in [6.45, 7) is 3.19. The lowest BCUT2D eigenvalue weighted by Gasteiger charge is -2.33. The van der Waals surface area contributed by atoms with E-state index < -0.39 is 10.0 Å². The SMILES string of the molecule is O=S(=O)(NCC1CCN(c2ccncc2)CC1)c1ccc2c(c1)OCCO2. The number of pyridine rings is 1. The topological polar surface area (TPSA) is 80.8 Å². The molecule has 1 saturated heterocycles. The minimum Gasteiger partial charge on any atom is -0.486 e. The van der Waals surface area contributed by atoms with Crippen molar-refractivity contribution in [2.24, 2.45) is 5.92 Å². The number of piperidine rings is 1. The number of anilines is 1. The van der Waals surface area contributed by atoms with Gasteiger partial charge >= 0.3 is 0 Å². The maximum Gasteiger partial charge on any atom is 0.240 e. The van der Waals surface area contributed by atoms with Crippen LogP contribution in [0.1, 0.15) is 12.8 Å². The minimum atomic E-state index is -3.57. The first-order valence-electron chi connectivity index (χ1n) is 9.16. The van der Waals surface area contributed by atoms with Crippen LogP contribution in [0.5, 0.6) is 11.5 Å². The van der Waals surface area contributed by atoms with Gasteiger partial charge in [-0.1, -0.05) is 0 Å². The summed E-state index contributed by atoms with van der Waals surface area (Å²) < 4.78 is 38.9. The Kier molecular flexibility index (Phi) is 5.18. The predicted molar refractivity (Wildman–Crippen MR) is 102 cm³/mol. The zero-order valence-electron chi connectivity index (χ0n) is 15.0. The van der Waals surface area contributed by atoms with Gasteiger partial charge in [-0.05, 0) is 43.0 Å². The monoisotopic (exact) mass is 389 g/mol. The summed E-state index contributed by atoms with van der Waals surface area (Å²) in [7, 11) is -3.57. The predicted octanol–water partition coefficient (Wildman–Crippen LogP) is 2.05. The molecule has 2 aliphatic rings. The first kappa shape index (κ1) is 18.1. The molecule has 0 bridgehead atoms. The van der Waals surface area contributed by atoms with Crippen LogP contribution in [0, 0.1) is 5.92 Å². The molecule has 1 N–H and O–H groups in total. The Morgan fingerprint density at radius 2 is 1.74 bits per heavy atom. The van der Waals surface area contributed by atoms with Crippen LogP contribution in [0.15, 0.2) is 47.6 Å². The number of rotatable bonds is 5. The van der Waals surface area contributed by atoms with Gasteiger partial charge < -0.3 is 14.4 Å². The van der Waals surface area contributed by atoms with Crippen molar-refractivity contribution in [1.29, 1.82) is 0 Å². The Morgan fingerprint density at radius 1 is 1.04 bits per heavy atom. The minimum absolute atomic E-state index is 0.209. The molecule has 3 heterocycles. The van der Waals surface area contributed by atoms with E-state index in [9.17, 15) is 8.42 Å². The first-order valence-corrected chi connectivity index (χ1v) is 10.6. The van der Waals surface area contributed by atoms with E-state index in [2.05, 4.69) is 14.6 Å². The molecule has 0 atom stereocenters.